The largest absolute Gasteiger partial charge is 0.507 e. The van der Waals surface area contributed by atoms with E-state index in [4.69, 9.17) is 5.11 Å². The molecule has 0 fully saturated rings. The van der Waals surface area contributed by atoms with Gasteiger partial charge in [-0.3, -0.25) is 4.72 Å². The van der Waals surface area contributed by atoms with Crippen molar-refractivity contribution in [2.45, 2.75) is 11.3 Å². The van der Waals surface area contributed by atoms with Crippen LogP contribution in [-0.2, 0) is 21.2 Å². The number of sulfonamides is 1. The third-order valence-corrected chi connectivity index (χ3v) is 4.64. The number of esters is 1. The summed E-state index contributed by atoms with van der Waals surface area (Å²) in [7, 11) is -2.69. The van der Waals surface area contributed by atoms with Gasteiger partial charge in [0.1, 0.15) is 11.3 Å². The van der Waals surface area contributed by atoms with Crippen LogP contribution in [0.5, 0.6) is 5.75 Å². The van der Waals surface area contributed by atoms with Gasteiger partial charge < -0.3 is 14.9 Å². The fourth-order valence-corrected chi connectivity index (χ4v) is 3.21. The van der Waals surface area contributed by atoms with Crippen LogP contribution in [0.15, 0.2) is 47.4 Å². The lowest BCUT2D eigenvalue weighted by Gasteiger charge is -2.10. The van der Waals surface area contributed by atoms with Gasteiger partial charge in [-0.15, -0.1) is 0 Å². The van der Waals surface area contributed by atoms with Crippen molar-refractivity contribution in [1.82, 2.24) is 0 Å². The van der Waals surface area contributed by atoms with Crippen LogP contribution in [0.25, 0.3) is 0 Å². The van der Waals surface area contributed by atoms with Gasteiger partial charge in [0.2, 0.25) is 0 Å². The summed E-state index contributed by atoms with van der Waals surface area (Å²) < 4.78 is 31.6. The SMILES string of the molecule is COC(=O)c1ccc(NS(=O)(=O)c2cccc(CCO)c2)cc1O. The van der Waals surface area contributed by atoms with E-state index in [0.29, 0.717) is 12.0 Å². The molecule has 2 aromatic rings. The molecule has 0 heterocycles. The van der Waals surface area contributed by atoms with Crippen LogP contribution in [0.1, 0.15) is 15.9 Å². The zero-order valence-corrected chi connectivity index (χ0v) is 13.7. The summed E-state index contributed by atoms with van der Waals surface area (Å²) in [6, 6.07) is 9.92. The standard InChI is InChI=1S/C16H17NO6S/c1-23-16(20)14-6-5-12(10-15(14)19)17-24(21,22)13-4-2-3-11(9-13)7-8-18/h2-6,9-10,17-19H,7-8H2,1H3. The fraction of sp³-hybridized carbons (Fsp3) is 0.188. The van der Waals surface area contributed by atoms with Crippen molar-refractivity contribution in [3.05, 3.63) is 53.6 Å². The predicted molar refractivity (Wildman–Crippen MR) is 87.5 cm³/mol. The molecule has 2 aromatic carbocycles. The van der Waals surface area contributed by atoms with Gasteiger partial charge in [-0.1, -0.05) is 12.1 Å². The summed E-state index contributed by atoms with van der Waals surface area (Å²) in [6.45, 7) is -0.0835. The van der Waals surface area contributed by atoms with E-state index < -0.39 is 21.7 Å². The predicted octanol–water partition coefficient (Wildman–Crippen LogP) is 1.51. The smallest absolute Gasteiger partial charge is 0.341 e. The van der Waals surface area contributed by atoms with Gasteiger partial charge in [0.25, 0.3) is 10.0 Å². The summed E-state index contributed by atoms with van der Waals surface area (Å²) in [5, 5.41) is 18.8. The zero-order chi connectivity index (χ0) is 17.7. The van der Waals surface area contributed by atoms with Crippen LogP contribution >= 0.6 is 0 Å². The lowest BCUT2D eigenvalue weighted by molar-refractivity contribution is 0.0597. The summed E-state index contributed by atoms with van der Waals surface area (Å²) in [5.74, 6) is -1.12. The second-order valence-electron chi connectivity index (χ2n) is 4.95. The number of nitrogens with one attached hydrogen (secondary N) is 1. The number of rotatable bonds is 6. The van der Waals surface area contributed by atoms with E-state index in [2.05, 4.69) is 9.46 Å². The molecule has 0 unspecified atom stereocenters. The number of aromatic hydroxyl groups is 1. The molecule has 0 amide bonds. The molecule has 2 rings (SSSR count). The first-order valence-electron chi connectivity index (χ1n) is 7.01. The van der Waals surface area contributed by atoms with E-state index in [-0.39, 0.29) is 22.8 Å². The second-order valence-corrected chi connectivity index (χ2v) is 6.63. The minimum Gasteiger partial charge on any atom is -0.507 e. The Hall–Kier alpha value is -2.58. The maximum atomic E-state index is 12.4. The van der Waals surface area contributed by atoms with Gasteiger partial charge in [0.05, 0.1) is 17.7 Å². The van der Waals surface area contributed by atoms with E-state index in [1.165, 1.54) is 31.4 Å². The van der Waals surface area contributed by atoms with E-state index in [0.717, 1.165) is 6.07 Å². The van der Waals surface area contributed by atoms with Crippen LogP contribution < -0.4 is 4.72 Å². The molecule has 0 atom stereocenters. The number of phenolic OH excluding ortho intramolecular Hbond substituents is 1. The van der Waals surface area contributed by atoms with Gasteiger partial charge in [0.15, 0.2) is 0 Å². The number of ether oxygens (including phenoxy) is 1. The highest BCUT2D eigenvalue weighted by atomic mass is 32.2. The Labute approximate surface area is 139 Å². The van der Waals surface area contributed by atoms with Gasteiger partial charge in [-0.25, -0.2) is 13.2 Å². The zero-order valence-electron chi connectivity index (χ0n) is 12.9. The van der Waals surface area contributed by atoms with Gasteiger partial charge >= 0.3 is 5.97 Å². The lowest BCUT2D eigenvalue weighted by Crippen LogP contribution is -2.13. The quantitative estimate of drug-likeness (QED) is 0.680. The highest BCUT2D eigenvalue weighted by Gasteiger charge is 2.17. The molecule has 7 nitrogen and oxygen atoms in total. The molecule has 0 aliphatic carbocycles. The highest BCUT2D eigenvalue weighted by Crippen LogP contribution is 2.25. The summed E-state index contributed by atoms with van der Waals surface area (Å²) in [5.41, 5.74) is 0.724. The highest BCUT2D eigenvalue weighted by molar-refractivity contribution is 7.92. The number of carbonyl (C=O) groups excluding carboxylic acids is 1. The monoisotopic (exact) mass is 351 g/mol. The van der Waals surface area contributed by atoms with Crippen molar-refractivity contribution in [2.24, 2.45) is 0 Å². The molecule has 128 valence electrons. The minimum atomic E-state index is -3.87. The average Bonchev–Trinajstić information content (AvgIpc) is 2.54. The number of phenols is 1. The first-order chi connectivity index (χ1) is 11.4. The molecule has 0 aliphatic heterocycles. The van der Waals surface area contributed by atoms with Gasteiger partial charge in [-0.2, -0.15) is 0 Å². The Morgan fingerprint density at radius 2 is 1.96 bits per heavy atom. The number of anilines is 1. The number of hydrogen-bond acceptors (Lipinski definition) is 6. The van der Waals surface area contributed by atoms with E-state index >= 15 is 0 Å². The maximum absolute atomic E-state index is 12.4. The van der Waals surface area contributed by atoms with Crippen molar-refractivity contribution < 1.29 is 28.2 Å². The minimum absolute atomic E-state index is 0.0324. The van der Waals surface area contributed by atoms with E-state index in [9.17, 15) is 18.3 Å². The van der Waals surface area contributed by atoms with E-state index in [1.807, 2.05) is 0 Å². The summed E-state index contributed by atoms with van der Waals surface area (Å²) in [6.07, 6.45) is 0.345. The third-order valence-electron chi connectivity index (χ3n) is 3.26. The molecule has 0 aromatic heterocycles. The summed E-state index contributed by atoms with van der Waals surface area (Å²) in [4.78, 5) is 11.4. The topological polar surface area (TPSA) is 113 Å². The van der Waals surface area contributed by atoms with Crippen LogP contribution in [0.2, 0.25) is 0 Å². The molecule has 8 heteroatoms. The fourth-order valence-electron chi connectivity index (χ4n) is 2.09. The third kappa shape index (κ3) is 4.03. The molecular formula is C16H17NO6S. The van der Waals surface area contributed by atoms with Crippen LogP contribution in [0, 0.1) is 0 Å². The van der Waals surface area contributed by atoms with Crippen LogP contribution in [-0.4, -0.2) is 38.3 Å². The first-order valence-corrected chi connectivity index (χ1v) is 8.49. The number of aliphatic hydroxyl groups excluding tert-OH is 1. The van der Waals surface area contributed by atoms with Crippen LogP contribution in [0.4, 0.5) is 5.69 Å². The molecule has 0 saturated carbocycles. The molecule has 0 saturated heterocycles. The Morgan fingerprint density at radius 1 is 1.21 bits per heavy atom. The summed E-state index contributed by atoms with van der Waals surface area (Å²) >= 11 is 0. The molecular weight excluding hydrogens is 334 g/mol. The van der Waals surface area contributed by atoms with Crippen molar-refractivity contribution in [2.75, 3.05) is 18.4 Å². The molecule has 0 spiro atoms. The van der Waals surface area contributed by atoms with E-state index in [1.54, 1.807) is 12.1 Å². The number of aliphatic hydroxyl groups is 1. The number of hydrogen-bond donors (Lipinski definition) is 3. The number of carbonyl (C=O) groups is 1. The molecule has 0 aliphatic rings. The Bertz CT molecular complexity index is 847. The molecule has 0 bridgehead atoms. The molecule has 0 radical (unpaired) electrons. The first kappa shape index (κ1) is 17.8. The molecule has 3 N–H and O–H groups in total. The Kier molecular flexibility index (Phi) is 5.42. The maximum Gasteiger partial charge on any atom is 0.341 e. The van der Waals surface area contributed by atoms with Crippen LogP contribution in [0.3, 0.4) is 0 Å². The van der Waals surface area contributed by atoms with Crippen molar-refractivity contribution in [3.8, 4) is 5.75 Å². The van der Waals surface area contributed by atoms with Crippen molar-refractivity contribution >= 4 is 21.7 Å². The number of methoxy groups -OCH3 is 1. The normalized spacial score (nSPS) is 11.1. The number of benzene rings is 2. The molecule has 24 heavy (non-hydrogen) atoms. The van der Waals surface area contributed by atoms with Gasteiger partial charge in [0, 0.05) is 12.7 Å². The van der Waals surface area contributed by atoms with Crippen molar-refractivity contribution in [3.63, 3.8) is 0 Å². The average molecular weight is 351 g/mol. The second kappa shape index (κ2) is 7.33. The van der Waals surface area contributed by atoms with Crippen molar-refractivity contribution in [1.29, 1.82) is 0 Å². The Balaban J connectivity index is 2.28. The van der Waals surface area contributed by atoms with Gasteiger partial charge in [-0.05, 0) is 36.2 Å². The Morgan fingerprint density at radius 3 is 2.58 bits per heavy atom. The lowest BCUT2D eigenvalue weighted by atomic mass is 10.2.